The molecule has 0 unspecified atom stereocenters. The van der Waals surface area contributed by atoms with Gasteiger partial charge in [0, 0.05) is 21.2 Å². The van der Waals surface area contributed by atoms with E-state index in [9.17, 15) is 52.7 Å². The number of hydrogen-bond donors (Lipinski definition) is 0. The molecule has 0 saturated heterocycles. The minimum Gasteiger partial charge on any atom is -0.194 e. The van der Waals surface area contributed by atoms with E-state index >= 15 is 0 Å². The number of rotatable bonds is 7. The van der Waals surface area contributed by atoms with E-state index in [2.05, 4.69) is 0 Å². The van der Waals surface area contributed by atoms with Crippen molar-refractivity contribution in [2.45, 2.75) is 35.5 Å². The summed E-state index contributed by atoms with van der Waals surface area (Å²) in [5.74, 6) is -42.4. The van der Waals surface area contributed by atoms with Crippen molar-refractivity contribution >= 4 is 23.2 Å². The molecule has 2 rings (SSSR count). The SMILES string of the molecule is FC(F)(c1cccc(Cl)c1)C(F)(F)C(F)(F)C(F)(F)C(F)(F)C(F)(F)c1cccc(Cl)c1. The Labute approximate surface area is 181 Å². The Bertz CT molecular complexity index is 908. The Morgan fingerprint density at radius 1 is 0.438 bits per heavy atom. The Balaban J connectivity index is 2.63. The molecule has 0 heterocycles. The lowest BCUT2D eigenvalue weighted by atomic mass is 9.87. The Morgan fingerprint density at radius 3 is 0.969 bits per heavy atom. The van der Waals surface area contributed by atoms with Gasteiger partial charge in [-0.05, 0) is 24.3 Å². The molecule has 0 nitrogen and oxygen atoms in total. The third-order valence-corrected chi connectivity index (χ3v) is 4.82. The lowest BCUT2D eigenvalue weighted by molar-refractivity contribution is -0.429. The maximum Gasteiger partial charge on any atom is 0.385 e. The van der Waals surface area contributed by atoms with E-state index in [1.54, 1.807) is 0 Å². The van der Waals surface area contributed by atoms with Gasteiger partial charge < -0.3 is 0 Å². The second kappa shape index (κ2) is 7.89. The van der Waals surface area contributed by atoms with Crippen LogP contribution in [0.2, 0.25) is 10.0 Å². The highest BCUT2D eigenvalue weighted by molar-refractivity contribution is 6.30. The van der Waals surface area contributed by atoms with E-state index in [-0.39, 0.29) is 24.3 Å². The van der Waals surface area contributed by atoms with Crippen LogP contribution in [0.4, 0.5) is 52.7 Å². The van der Waals surface area contributed by atoms with Crippen molar-refractivity contribution in [2.75, 3.05) is 0 Å². The molecule has 0 aliphatic heterocycles. The summed E-state index contributed by atoms with van der Waals surface area (Å²) in [6, 6.07) is 2.89. The van der Waals surface area contributed by atoms with Crippen molar-refractivity contribution < 1.29 is 52.7 Å². The lowest BCUT2D eigenvalue weighted by Gasteiger charge is -2.41. The first-order valence-electron chi connectivity index (χ1n) is 8.04. The maximum atomic E-state index is 14.1. The molecule has 0 saturated carbocycles. The van der Waals surface area contributed by atoms with E-state index in [1.807, 2.05) is 0 Å². The molecule has 0 aliphatic carbocycles. The molecule has 0 aliphatic rings. The summed E-state index contributed by atoms with van der Waals surface area (Å²) in [7, 11) is 0. The summed E-state index contributed by atoms with van der Waals surface area (Å²) >= 11 is 10.5. The molecule has 0 atom stereocenters. The number of alkyl halides is 12. The first-order chi connectivity index (χ1) is 14.2. The molecule has 0 bridgehead atoms. The van der Waals surface area contributed by atoms with Gasteiger partial charge in [-0.25, -0.2) is 0 Å². The summed E-state index contributed by atoms with van der Waals surface area (Å²) < 4.78 is 169. The largest absolute Gasteiger partial charge is 0.385 e. The molecule has 32 heavy (non-hydrogen) atoms. The molecule has 0 spiro atoms. The van der Waals surface area contributed by atoms with Crippen LogP contribution in [-0.2, 0) is 11.8 Å². The van der Waals surface area contributed by atoms with Gasteiger partial charge in [-0.3, -0.25) is 0 Å². The third kappa shape index (κ3) is 3.68. The minimum absolute atomic E-state index is 0.0115. The molecular formula is C18H8Cl2F12. The monoisotopic (exact) mass is 522 g/mol. The van der Waals surface area contributed by atoms with Gasteiger partial charge in [0.1, 0.15) is 0 Å². The van der Waals surface area contributed by atoms with Gasteiger partial charge in [-0.15, -0.1) is 0 Å². The highest BCUT2D eigenvalue weighted by Crippen LogP contribution is 2.63. The zero-order chi connectivity index (χ0) is 25.0. The normalized spacial score (nSPS) is 14.6. The fourth-order valence-electron chi connectivity index (χ4n) is 2.52. The zero-order valence-corrected chi connectivity index (χ0v) is 16.4. The topological polar surface area (TPSA) is 0 Å². The van der Waals surface area contributed by atoms with Crippen LogP contribution in [0.25, 0.3) is 0 Å². The van der Waals surface area contributed by atoms with Crippen LogP contribution < -0.4 is 0 Å². The van der Waals surface area contributed by atoms with Crippen LogP contribution in [0, 0.1) is 0 Å². The second-order valence-electron chi connectivity index (χ2n) is 6.47. The number of benzene rings is 2. The van der Waals surface area contributed by atoms with Crippen LogP contribution >= 0.6 is 23.2 Å². The van der Waals surface area contributed by atoms with Gasteiger partial charge in [0.05, 0.1) is 0 Å². The molecule has 0 amide bonds. The number of hydrogen-bond acceptors (Lipinski definition) is 0. The summed E-state index contributed by atoms with van der Waals surface area (Å²) in [5, 5.41) is -1.43. The van der Waals surface area contributed by atoms with Gasteiger partial charge >= 0.3 is 35.5 Å². The van der Waals surface area contributed by atoms with Gasteiger partial charge in [0.25, 0.3) is 0 Å². The summed E-state index contributed by atoms with van der Waals surface area (Å²) in [6.07, 6.45) is 0. The van der Waals surface area contributed by atoms with Crippen LogP contribution in [0.5, 0.6) is 0 Å². The zero-order valence-electron chi connectivity index (χ0n) is 14.9. The molecule has 0 aromatic heterocycles. The smallest absolute Gasteiger partial charge is 0.194 e. The van der Waals surface area contributed by atoms with Gasteiger partial charge in [0.15, 0.2) is 0 Å². The van der Waals surface area contributed by atoms with E-state index in [1.165, 1.54) is 0 Å². The standard InChI is InChI=1S/C18H8Cl2F12/c19-11-5-1-3-9(7-11)13(21,22)15(25,26)17(29,30)18(31,32)16(27,28)14(23,24)10-4-2-6-12(20)8-10/h1-8H. The quantitative estimate of drug-likeness (QED) is 0.320. The lowest BCUT2D eigenvalue weighted by Crippen LogP contribution is -2.69. The summed E-state index contributed by atoms with van der Waals surface area (Å²) in [4.78, 5) is 0. The first-order valence-corrected chi connectivity index (χ1v) is 8.79. The molecule has 0 radical (unpaired) electrons. The molecule has 0 fully saturated rings. The van der Waals surface area contributed by atoms with Crippen LogP contribution in [0.15, 0.2) is 48.5 Å². The van der Waals surface area contributed by atoms with Crippen molar-refractivity contribution in [3.63, 3.8) is 0 Å². The maximum absolute atomic E-state index is 14.1. The predicted octanol–water partition coefficient (Wildman–Crippen LogP) is 8.42. The van der Waals surface area contributed by atoms with Crippen molar-refractivity contribution in [1.29, 1.82) is 0 Å². The average molecular weight is 523 g/mol. The van der Waals surface area contributed by atoms with Crippen LogP contribution in [0.3, 0.4) is 0 Å². The Morgan fingerprint density at radius 2 is 0.719 bits per heavy atom. The summed E-state index contributed by atoms with van der Waals surface area (Å²) in [5.41, 5.74) is -4.09. The van der Waals surface area contributed by atoms with E-state index in [4.69, 9.17) is 23.2 Å². The summed E-state index contributed by atoms with van der Waals surface area (Å²) in [6.45, 7) is 0. The highest BCUT2D eigenvalue weighted by atomic mass is 35.5. The molecular weight excluding hydrogens is 515 g/mol. The number of halogens is 14. The molecule has 14 heteroatoms. The fraction of sp³-hybridized carbons (Fsp3) is 0.333. The van der Waals surface area contributed by atoms with E-state index in [0.29, 0.717) is 12.1 Å². The third-order valence-electron chi connectivity index (χ3n) is 4.35. The van der Waals surface area contributed by atoms with Crippen molar-refractivity contribution in [1.82, 2.24) is 0 Å². The van der Waals surface area contributed by atoms with Crippen molar-refractivity contribution in [2.24, 2.45) is 0 Å². The van der Waals surface area contributed by atoms with E-state index < -0.39 is 56.7 Å². The van der Waals surface area contributed by atoms with Gasteiger partial charge in [0.2, 0.25) is 0 Å². The Kier molecular flexibility index (Phi) is 6.52. The molecule has 2 aromatic rings. The Hall–Kier alpha value is -1.82. The highest BCUT2D eigenvalue weighted by Gasteiger charge is 2.90. The predicted molar refractivity (Wildman–Crippen MR) is 90.5 cm³/mol. The minimum atomic E-state index is -7.68. The van der Waals surface area contributed by atoms with Crippen LogP contribution in [0.1, 0.15) is 11.1 Å². The molecule has 0 N–H and O–H groups in total. The van der Waals surface area contributed by atoms with Crippen molar-refractivity contribution in [3.05, 3.63) is 69.7 Å². The fourth-order valence-corrected chi connectivity index (χ4v) is 2.90. The molecule has 2 aromatic carbocycles. The second-order valence-corrected chi connectivity index (χ2v) is 7.34. The van der Waals surface area contributed by atoms with E-state index in [0.717, 1.165) is 12.1 Å². The average Bonchev–Trinajstić information content (AvgIpc) is 2.67. The van der Waals surface area contributed by atoms with Crippen LogP contribution in [-0.4, -0.2) is 23.7 Å². The van der Waals surface area contributed by atoms with Gasteiger partial charge in [-0.2, -0.15) is 52.7 Å². The van der Waals surface area contributed by atoms with Crippen molar-refractivity contribution in [3.8, 4) is 0 Å². The van der Waals surface area contributed by atoms with Gasteiger partial charge in [-0.1, -0.05) is 47.5 Å². The molecule has 178 valence electrons. The first kappa shape index (κ1) is 26.4.